The van der Waals surface area contributed by atoms with Gasteiger partial charge >= 0.3 is 0 Å². The van der Waals surface area contributed by atoms with Crippen molar-refractivity contribution in [3.63, 3.8) is 0 Å². The van der Waals surface area contributed by atoms with Gasteiger partial charge in [0.05, 0.1) is 6.10 Å². The van der Waals surface area contributed by atoms with Crippen LogP contribution >= 0.6 is 0 Å². The molecule has 0 saturated heterocycles. The Morgan fingerprint density at radius 3 is 2.93 bits per heavy atom. The molecule has 14 heavy (non-hydrogen) atoms. The van der Waals surface area contributed by atoms with Crippen LogP contribution in [0.5, 0.6) is 0 Å². The van der Waals surface area contributed by atoms with Gasteiger partial charge in [0.15, 0.2) is 0 Å². The standard InChI is InChI=1S/C9H16N4O/c1-13-5-11-12-9(13)6-2-7(4-10)8(14)3-6/h5-8,14H,2-4,10H2,1H3. The molecule has 1 saturated carbocycles. The molecule has 1 aromatic heterocycles. The quantitative estimate of drug-likeness (QED) is 0.676. The Morgan fingerprint density at radius 2 is 2.43 bits per heavy atom. The van der Waals surface area contributed by atoms with E-state index >= 15 is 0 Å². The van der Waals surface area contributed by atoms with Crippen molar-refractivity contribution in [2.24, 2.45) is 18.7 Å². The molecule has 0 bridgehead atoms. The summed E-state index contributed by atoms with van der Waals surface area (Å²) in [5.74, 6) is 1.49. The van der Waals surface area contributed by atoms with Crippen LogP contribution in [0.1, 0.15) is 24.6 Å². The first kappa shape index (κ1) is 9.61. The highest BCUT2D eigenvalue weighted by Gasteiger charge is 2.34. The van der Waals surface area contributed by atoms with E-state index in [0.717, 1.165) is 18.7 Å². The van der Waals surface area contributed by atoms with E-state index in [-0.39, 0.29) is 12.0 Å². The lowest BCUT2D eigenvalue weighted by molar-refractivity contribution is 0.136. The van der Waals surface area contributed by atoms with Gasteiger partial charge in [-0.05, 0) is 25.3 Å². The van der Waals surface area contributed by atoms with Crippen LogP contribution in [-0.4, -0.2) is 32.5 Å². The number of aryl methyl sites for hydroxylation is 1. The van der Waals surface area contributed by atoms with E-state index in [2.05, 4.69) is 10.2 Å². The van der Waals surface area contributed by atoms with Crippen molar-refractivity contribution in [3.8, 4) is 0 Å². The molecule has 0 amide bonds. The van der Waals surface area contributed by atoms with Crippen LogP contribution in [0.4, 0.5) is 0 Å². The molecule has 2 rings (SSSR count). The Balaban J connectivity index is 2.12. The van der Waals surface area contributed by atoms with Crippen molar-refractivity contribution in [1.29, 1.82) is 0 Å². The molecule has 5 nitrogen and oxygen atoms in total. The molecular weight excluding hydrogens is 180 g/mol. The van der Waals surface area contributed by atoms with E-state index in [0.29, 0.717) is 12.5 Å². The fourth-order valence-electron chi connectivity index (χ4n) is 2.23. The van der Waals surface area contributed by atoms with E-state index < -0.39 is 0 Å². The van der Waals surface area contributed by atoms with E-state index in [1.165, 1.54) is 0 Å². The summed E-state index contributed by atoms with van der Waals surface area (Å²) < 4.78 is 1.91. The highest BCUT2D eigenvalue weighted by Crippen LogP contribution is 2.36. The van der Waals surface area contributed by atoms with Crippen molar-refractivity contribution >= 4 is 0 Å². The maximum atomic E-state index is 9.71. The summed E-state index contributed by atoms with van der Waals surface area (Å²) in [4.78, 5) is 0. The van der Waals surface area contributed by atoms with Crippen LogP contribution < -0.4 is 5.73 Å². The molecule has 1 heterocycles. The molecule has 1 fully saturated rings. The lowest BCUT2D eigenvalue weighted by Gasteiger charge is -2.09. The van der Waals surface area contributed by atoms with Crippen LogP contribution in [0.3, 0.4) is 0 Å². The molecule has 3 N–H and O–H groups in total. The molecular formula is C9H16N4O. The highest BCUT2D eigenvalue weighted by molar-refractivity contribution is 5.02. The largest absolute Gasteiger partial charge is 0.393 e. The third-order valence-electron chi connectivity index (χ3n) is 3.07. The lowest BCUT2D eigenvalue weighted by Crippen LogP contribution is -2.21. The van der Waals surface area contributed by atoms with Crippen LogP contribution in [0.25, 0.3) is 0 Å². The second kappa shape index (κ2) is 3.67. The molecule has 0 spiro atoms. The topological polar surface area (TPSA) is 77.0 Å². The molecule has 3 unspecified atom stereocenters. The molecule has 3 atom stereocenters. The van der Waals surface area contributed by atoms with E-state index in [1.807, 2.05) is 11.6 Å². The summed E-state index contributed by atoms with van der Waals surface area (Å²) in [6.45, 7) is 0.551. The predicted molar refractivity (Wildman–Crippen MR) is 51.5 cm³/mol. The first-order valence-corrected chi connectivity index (χ1v) is 4.94. The van der Waals surface area contributed by atoms with Crippen molar-refractivity contribution < 1.29 is 5.11 Å². The number of nitrogens with two attached hydrogens (primary N) is 1. The summed E-state index contributed by atoms with van der Waals surface area (Å²) >= 11 is 0. The molecule has 0 aliphatic heterocycles. The minimum atomic E-state index is -0.276. The zero-order valence-corrected chi connectivity index (χ0v) is 8.30. The second-order valence-electron chi connectivity index (χ2n) is 4.03. The lowest BCUT2D eigenvalue weighted by atomic mass is 10.0. The van der Waals surface area contributed by atoms with Gasteiger partial charge in [-0.15, -0.1) is 10.2 Å². The number of aliphatic hydroxyl groups is 1. The van der Waals surface area contributed by atoms with Crippen LogP contribution in [-0.2, 0) is 7.05 Å². The Kier molecular flexibility index (Phi) is 2.52. The van der Waals surface area contributed by atoms with E-state index in [9.17, 15) is 5.11 Å². The predicted octanol–water partition coefficient (Wildman–Crippen LogP) is -0.372. The Labute approximate surface area is 82.9 Å². The molecule has 5 heteroatoms. The molecule has 1 aromatic rings. The Hall–Kier alpha value is -0.940. The second-order valence-corrected chi connectivity index (χ2v) is 4.03. The number of aromatic nitrogens is 3. The first-order chi connectivity index (χ1) is 6.72. The molecule has 0 radical (unpaired) electrons. The van der Waals surface area contributed by atoms with E-state index in [4.69, 9.17) is 5.73 Å². The molecule has 0 aromatic carbocycles. The number of rotatable bonds is 2. The normalized spacial score (nSPS) is 32.4. The summed E-state index contributed by atoms with van der Waals surface area (Å²) in [6.07, 6.45) is 3.09. The van der Waals surface area contributed by atoms with Crippen LogP contribution in [0.15, 0.2) is 6.33 Å². The summed E-state index contributed by atoms with van der Waals surface area (Å²) in [6, 6.07) is 0. The smallest absolute Gasteiger partial charge is 0.135 e. The van der Waals surface area contributed by atoms with Gasteiger partial charge in [0.25, 0.3) is 0 Å². The molecule has 1 aliphatic rings. The number of nitrogens with zero attached hydrogens (tertiary/aromatic N) is 3. The summed E-state index contributed by atoms with van der Waals surface area (Å²) in [5.41, 5.74) is 5.58. The SMILES string of the molecule is Cn1cnnc1C1CC(O)C(CN)C1. The molecule has 78 valence electrons. The number of aliphatic hydroxyl groups excluding tert-OH is 1. The van der Waals surface area contributed by atoms with Crippen molar-refractivity contribution in [1.82, 2.24) is 14.8 Å². The average molecular weight is 196 g/mol. The first-order valence-electron chi connectivity index (χ1n) is 4.94. The fourth-order valence-corrected chi connectivity index (χ4v) is 2.23. The zero-order valence-electron chi connectivity index (χ0n) is 8.30. The van der Waals surface area contributed by atoms with Crippen LogP contribution in [0, 0.1) is 5.92 Å². The fraction of sp³-hybridized carbons (Fsp3) is 0.778. The van der Waals surface area contributed by atoms with E-state index in [1.54, 1.807) is 6.33 Å². The molecule has 1 aliphatic carbocycles. The Bertz CT molecular complexity index is 312. The Morgan fingerprint density at radius 1 is 1.64 bits per heavy atom. The maximum absolute atomic E-state index is 9.71. The van der Waals surface area contributed by atoms with Gasteiger partial charge in [-0.25, -0.2) is 0 Å². The van der Waals surface area contributed by atoms with Gasteiger partial charge in [-0.2, -0.15) is 0 Å². The van der Waals surface area contributed by atoms with Gasteiger partial charge in [0, 0.05) is 13.0 Å². The highest BCUT2D eigenvalue weighted by atomic mass is 16.3. The summed E-state index contributed by atoms with van der Waals surface area (Å²) in [5, 5.41) is 17.6. The van der Waals surface area contributed by atoms with Crippen molar-refractivity contribution in [3.05, 3.63) is 12.2 Å². The van der Waals surface area contributed by atoms with Crippen molar-refractivity contribution in [2.45, 2.75) is 24.9 Å². The summed E-state index contributed by atoms with van der Waals surface area (Å²) in [7, 11) is 1.93. The average Bonchev–Trinajstić information content (AvgIpc) is 2.71. The van der Waals surface area contributed by atoms with Crippen LogP contribution in [0.2, 0.25) is 0 Å². The third kappa shape index (κ3) is 1.53. The minimum Gasteiger partial charge on any atom is -0.393 e. The maximum Gasteiger partial charge on any atom is 0.135 e. The van der Waals surface area contributed by atoms with Gasteiger partial charge < -0.3 is 15.4 Å². The third-order valence-corrected chi connectivity index (χ3v) is 3.07. The van der Waals surface area contributed by atoms with Gasteiger partial charge in [0.2, 0.25) is 0 Å². The van der Waals surface area contributed by atoms with Gasteiger partial charge in [-0.3, -0.25) is 0 Å². The zero-order chi connectivity index (χ0) is 10.1. The van der Waals surface area contributed by atoms with Gasteiger partial charge in [-0.1, -0.05) is 0 Å². The monoisotopic (exact) mass is 196 g/mol. The number of hydrogen-bond acceptors (Lipinski definition) is 4. The minimum absolute atomic E-state index is 0.219. The van der Waals surface area contributed by atoms with Crippen molar-refractivity contribution in [2.75, 3.05) is 6.54 Å². The van der Waals surface area contributed by atoms with Gasteiger partial charge in [0.1, 0.15) is 12.2 Å². The number of hydrogen-bond donors (Lipinski definition) is 2.